The van der Waals surface area contributed by atoms with E-state index in [1.54, 1.807) is 30.0 Å². The largest absolute Gasteiger partial charge is 0.465 e. The number of carbonyl (C=O) groups excluding carboxylic acids is 2. The molecule has 0 fully saturated rings. The molecule has 2 heterocycles. The lowest BCUT2D eigenvalue weighted by molar-refractivity contribution is -0.136. The van der Waals surface area contributed by atoms with Crippen molar-refractivity contribution in [3.63, 3.8) is 0 Å². The number of amides is 1. The number of allylic oxidation sites excluding steroid dienone is 1. The molecule has 3 rings (SSSR count). The fourth-order valence-corrected chi connectivity index (χ4v) is 2.81. The normalized spacial score (nSPS) is 16.0. The van der Waals surface area contributed by atoms with Crippen LogP contribution in [0.5, 0.6) is 0 Å². The highest BCUT2D eigenvalue weighted by Crippen LogP contribution is 2.32. The Morgan fingerprint density at radius 3 is 2.52 bits per heavy atom. The maximum absolute atomic E-state index is 12.9. The fraction of sp³-hybridized carbons (Fsp3) is 0.200. The first-order valence-electron chi connectivity index (χ1n) is 7.93. The molecule has 1 aliphatic heterocycles. The Morgan fingerprint density at radius 1 is 1.20 bits per heavy atom. The van der Waals surface area contributed by atoms with Crippen molar-refractivity contribution < 1.29 is 18.7 Å². The van der Waals surface area contributed by atoms with Gasteiger partial charge in [0.1, 0.15) is 5.76 Å². The molecule has 1 aromatic carbocycles. The Bertz CT molecular complexity index is 858. The minimum atomic E-state index is -0.532. The minimum Gasteiger partial charge on any atom is -0.465 e. The van der Waals surface area contributed by atoms with E-state index in [2.05, 4.69) is 0 Å². The van der Waals surface area contributed by atoms with Gasteiger partial charge in [-0.05, 0) is 37.6 Å². The minimum absolute atomic E-state index is 0.241. The van der Waals surface area contributed by atoms with Crippen LogP contribution in [0.25, 0.3) is 6.08 Å². The molecular formula is C20H19NO4. The van der Waals surface area contributed by atoms with Crippen LogP contribution in [-0.2, 0) is 20.9 Å². The Balaban J connectivity index is 1.99. The van der Waals surface area contributed by atoms with Gasteiger partial charge >= 0.3 is 5.97 Å². The average molecular weight is 337 g/mol. The van der Waals surface area contributed by atoms with Gasteiger partial charge in [-0.1, -0.05) is 29.8 Å². The first-order valence-corrected chi connectivity index (χ1v) is 7.93. The first-order chi connectivity index (χ1) is 12.0. The lowest BCUT2D eigenvalue weighted by atomic mass is 10.1. The zero-order valence-electron chi connectivity index (χ0n) is 14.4. The number of aryl methyl sites for hydroxylation is 1. The Morgan fingerprint density at radius 2 is 1.92 bits per heavy atom. The molecule has 1 aliphatic rings. The summed E-state index contributed by atoms with van der Waals surface area (Å²) < 4.78 is 10.2. The number of ether oxygens (including phenoxy) is 1. The van der Waals surface area contributed by atoms with E-state index in [0.29, 0.717) is 18.0 Å². The number of furan rings is 1. The van der Waals surface area contributed by atoms with E-state index in [1.165, 1.54) is 13.4 Å². The van der Waals surface area contributed by atoms with Gasteiger partial charge in [0, 0.05) is 5.70 Å². The van der Waals surface area contributed by atoms with Crippen LogP contribution in [0.1, 0.15) is 23.8 Å². The third-order valence-electron chi connectivity index (χ3n) is 4.19. The highest BCUT2D eigenvalue weighted by atomic mass is 16.5. The van der Waals surface area contributed by atoms with Gasteiger partial charge in [-0.2, -0.15) is 0 Å². The fourth-order valence-electron chi connectivity index (χ4n) is 2.81. The topological polar surface area (TPSA) is 59.8 Å². The standard InChI is InChI=1S/C20H19NO4/c1-13-6-8-15(9-7-13)12-21-14(2)18(20(23)24-3)17(19(21)22)11-16-5-4-10-25-16/h4-11H,12H2,1-3H3/b17-11-. The van der Waals surface area contributed by atoms with Crippen molar-refractivity contribution in [3.05, 3.63) is 76.4 Å². The van der Waals surface area contributed by atoms with Crippen molar-refractivity contribution in [3.8, 4) is 0 Å². The van der Waals surface area contributed by atoms with E-state index >= 15 is 0 Å². The van der Waals surface area contributed by atoms with Crippen LogP contribution in [-0.4, -0.2) is 23.9 Å². The quantitative estimate of drug-likeness (QED) is 0.633. The SMILES string of the molecule is COC(=O)C1=C(C)N(Cc2ccc(C)cc2)C(=O)/C1=C\c1ccco1. The molecule has 0 N–H and O–H groups in total. The van der Waals surface area contributed by atoms with Crippen LogP contribution in [0.15, 0.2) is 63.9 Å². The van der Waals surface area contributed by atoms with E-state index < -0.39 is 5.97 Å². The van der Waals surface area contributed by atoms with Gasteiger partial charge in [0.25, 0.3) is 5.91 Å². The van der Waals surface area contributed by atoms with Crippen molar-refractivity contribution in [2.45, 2.75) is 20.4 Å². The molecule has 0 spiro atoms. The highest BCUT2D eigenvalue weighted by molar-refractivity contribution is 6.16. The number of hydrogen-bond donors (Lipinski definition) is 0. The number of nitrogens with zero attached hydrogens (tertiary/aromatic N) is 1. The molecule has 0 saturated carbocycles. The number of benzene rings is 1. The smallest absolute Gasteiger partial charge is 0.340 e. The Kier molecular flexibility index (Phi) is 4.57. The molecular weight excluding hydrogens is 318 g/mol. The number of rotatable bonds is 4. The van der Waals surface area contributed by atoms with Gasteiger partial charge in [0.2, 0.25) is 0 Å². The van der Waals surface area contributed by atoms with E-state index in [-0.39, 0.29) is 17.1 Å². The Labute approximate surface area is 146 Å². The summed E-state index contributed by atoms with van der Waals surface area (Å²) in [7, 11) is 1.31. The maximum Gasteiger partial charge on any atom is 0.340 e. The molecule has 25 heavy (non-hydrogen) atoms. The second-order valence-corrected chi connectivity index (χ2v) is 5.90. The predicted molar refractivity (Wildman–Crippen MR) is 93.1 cm³/mol. The molecule has 5 heteroatoms. The Hall–Kier alpha value is -3.08. The van der Waals surface area contributed by atoms with E-state index in [0.717, 1.165) is 11.1 Å². The molecule has 2 aromatic rings. The van der Waals surface area contributed by atoms with Gasteiger partial charge in [-0.15, -0.1) is 0 Å². The summed E-state index contributed by atoms with van der Waals surface area (Å²) in [4.78, 5) is 26.7. The predicted octanol–water partition coefficient (Wildman–Crippen LogP) is 3.46. The zero-order valence-corrected chi connectivity index (χ0v) is 14.4. The molecule has 0 aliphatic carbocycles. The van der Waals surface area contributed by atoms with Crippen molar-refractivity contribution in [2.75, 3.05) is 7.11 Å². The molecule has 0 unspecified atom stereocenters. The van der Waals surface area contributed by atoms with E-state index in [1.807, 2.05) is 31.2 Å². The third-order valence-corrected chi connectivity index (χ3v) is 4.19. The maximum atomic E-state index is 12.9. The second kappa shape index (κ2) is 6.81. The summed E-state index contributed by atoms with van der Waals surface area (Å²) in [5.74, 6) is -0.264. The molecule has 1 aromatic heterocycles. The summed E-state index contributed by atoms with van der Waals surface area (Å²) in [6.45, 7) is 4.15. The van der Waals surface area contributed by atoms with Crippen LogP contribution >= 0.6 is 0 Å². The zero-order chi connectivity index (χ0) is 18.0. The van der Waals surface area contributed by atoms with Crippen molar-refractivity contribution in [2.24, 2.45) is 0 Å². The van der Waals surface area contributed by atoms with Crippen molar-refractivity contribution >= 4 is 18.0 Å². The van der Waals surface area contributed by atoms with Crippen molar-refractivity contribution in [1.82, 2.24) is 4.90 Å². The van der Waals surface area contributed by atoms with Crippen LogP contribution in [0.3, 0.4) is 0 Å². The molecule has 128 valence electrons. The van der Waals surface area contributed by atoms with Crippen LogP contribution in [0, 0.1) is 6.92 Å². The molecule has 0 radical (unpaired) electrons. The van der Waals surface area contributed by atoms with Crippen LogP contribution in [0.4, 0.5) is 0 Å². The van der Waals surface area contributed by atoms with Gasteiger partial charge < -0.3 is 14.1 Å². The number of methoxy groups -OCH3 is 1. The van der Waals surface area contributed by atoms with Gasteiger partial charge in [-0.25, -0.2) is 4.79 Å². The lowest BCUT2D eigenvalue weighted by Crippen LogP contribution is -2.24. The monoisotopic (exact) mass is 337 g/mol. The van der Waals surface area contributed by atoms with E-state index in [9.17, 15) is 9.59 Å². The van der Waals surface area contributed by atoms with Gasteiger partial charge in [0.05, 0.1) is 31.1 Å². The molecule has 1 amide bonds. The second-order valence-electron chi connectivity index (χ2n) is 5.90. The number of carbonyl (C=O) groups is 2. The average Bonchev–Trinajstić information content (AvgIpc) is 3.19. The van der Waals surface area contributed by atoms with Gasteiger partial charge in [-0.3, -0.25) is 4.79 Å². The third kappa shape index (κ3) is 3.26. The lowest BCUT2D eigenvalue weighted by Gasteiger charge is -2.18. The summed E-state index contributed by atoms with van der Waals surface area (Å²) in [6.07, 6.45) is 3.09. The van der Waals surface area contributed by atoms with Crippen molar-refractivity contribution in [1.29, 1.82) is 0 Å². The summed E-state index contributed by atoms with van der Waals surface area (Å²) in [6, 6.07) is 11.4. The summed E-state index contributed by atoms with van der Waals surface area (Å²) in [5, 5.41) is 0. The van der Waals surface area contributed by atoms with Crippen LogP contribution in [0.2, 0.25) is 0 Å². The molecule has 0 bridgehead atoms. The first kappa shape index (κ1) is 16.8. The number of hydrogen-bond acceptors (Lipinski definition) is 4. The highest BCUT2D eigenvalue weighted by Gasteiger charge is 2.37. The summed E-state index contributed by atoms with van der Waals surface area (Å²) >= 11 is 0. The van der Waals surface area contributed by atoms with Gasteiger partial charge in [0.15, 0.2) is 0 Å². The number of esters is 1. The van der Waals surface area contributed by atoms with E-state index in [4.69, 9.17) is 9.15 Å². The summed E-state index contributed by atoms with van der Waals surface area (Å²) in [5.41, 5.74) is 3.27. The molecule has 0 atom stereocenters. The molecule has 0 saturated heterocycles. The molecule has 5 nitrogen and oxygen atoms in total. The van der Waals surface area contributed by atoms with Crippen LogP contribution < -0.4 is 0 Å².